The molecule has 5 rings (SSSR count). The standard InChI is InChI=1S/C32H38N6O6/c1-20-9-8-10-22(17-20)18-25-35-36-29(44-25)27(40)28(34-21(2)39)32(3,4)38-30(41)26(23-11-6-5-7-12-23)37(31(38)42)15-13-24-19-33-14-16-43-24/h5-12,17,24,26,28,33H,13-16,18-19H2,1-4H3,(H,34,39). The highest BCUT2D eigenvalue weighted by Gasteiger charge is 2.55. The quantitative estimate of drug-likeness (QED) is 0.250. The number of morpholine rings is 1. The first-order valence-corrected chi connectivity index (χ1v) is 14.8. The van der Waals surface area contributed by atoms with Gasteiger partial charge in [-0.1, -0.05) is 60.2 Å². The van der Waals surface area contributed by atoms with Crippen molar-refractivity contribution in [2.75, 3.05) is 26.2 Å². The predicted molar refractivity (Wildman–Crippen MR) is 160 cm³/mol. The number of carbonyl (C=O) groups is 4. The van der Waals surface area contributed by atoms with Crippen molar-refractivity contribution in [1.29, 1.82) is 0 Å². The summed E-state index contributed by atoms with van der Waals surface area (Å²) in [7, 11) is 0. The molecule has 0 saturated carbocycles. The molecular weight excluding hydrogens is 564 g/mol. The minimum atomic E-state index is -1.51. The molecule has 232 valence electrons. The number of hydrogen-bond acceptors (Lipinski definition) is 9. The van der Waals surface area contributed by atoms with E-state index in [-0.39, 0.29) is 24.4 Å². The minimum Gasteiger partial charge on any atom is -0.418 e. The zero-order valence-corrected chi connectivity index (χ0v) is 25.4. The van der Waals surface area contributed by atoms with E-state index in [9.17, 15) is 19.2 Å². The molecule has 2 aliphatic rings. The average molecular weight is 603 g/mol. The molecule has 3 unspecified atom stereocenters. The van der Waals surface area contributed by atoms with Gasteiger partial charge in [-0.2, -0.15) is 0 Å². The number of benzene rings is 2. The Labute approximate surface area is 256 Å². The van der Waals surface area contributed by atoms with Gasteiger partial charge in [0.1, 0.15) is 12.1 Å². The van der Waals surface area contributed by atoms with Gasteiger partial charge >= 0.3 is 6.03 Å². The zero-order valence-electron chi connectivity index (χ0n) is 25.4. The van der Waals surface area contributed by atoms with Crippen LogP contribution in [0.4, 0.5) is 4.79 Å². The van der Waals surface area contributed by atoms with Gasteiger partial charge in [-0.3, -0.25) is 19.3 Å². The maximum atomic E-state index is 14.2. The van der Waals surface area contributed by atoms with Gasteiger partial charge in [0.25, 0.3) is 11.8 Å². The molecule has 0 aliphatic carbocycles. The summed E-state index contributed by atoms with van der Waals surface area (Å²) in [6, 6.07) is 14.0. The molecule has 3 atom stereocenters. The van der Waals surface area contributed by atoms with Crippen LogP contribution in [0.2, 0.25) is 0 Å². The number of ketones is 1. The number of aryl methyl sites for hydroxylation is 1. The van der Waals surface area contributed by atoms with E-state index < -0.39 is 41.3 Å². The van der Waals surface area contributed by atoms with Crippen LogP contribution in [0, 0.1) is 6.92 Å². The first-order chi connectivity index (χ1) is 21.1. The number of nitrogens with one attached hydrogen (secondary N) is 2. The Bertz CT molecular complexity index is 1520. The normalized spacial score (nSPS) is 19.7. The molecule has 2 N–H and O–H groups in total. The lowest BCUT2D eigenvalue weighted by Gasteiger charge is -2.39. The molecule has 0 radical (unpaired) electrons. The summed E-state index contributed by atoms with van der Waals surface area (Å²) in [5.41, 5.74) is 1.14. The van der Waals surface area contributed by atoms with E-state index in [0.29, 0.717) is 31.6 Å². The second-order valence-corrected chi connectivity index (χ2v) is 11.8. The average Bonchev–Trinajstić information content (AvgIpc) is 3.56. The molecule has 12 nitrogen and oxygen atoms in total. The maximum Gasteiger partial charge on any atom is 0.328 e. The number of ether oxygens (including phenoxy) is 1. The number of imide groups is 1. The number of nitrogens with zero attached hydrogens (tertiary/aromatic N) is 4. The van der Waals surface area contributed by atoms with Gasteiger partial charge in [-0.25, -0.2) is 4.79 Å². The van der Waals surface area contributed by atoms with Crippen LogP contribution < -0.4 is 10.6 Å². The van der Waals surface area contributed by atoms with Crippen molar-refractivity contribution >= 4 is 23.6 Å². The van der Waals surface area contributed by atoms with Crippen LogP contribution in [-0.4, -0.2) is 87.6 Å². The number of carbonyl (C=O) groups excluding carboxylic acids is 4. The van der Waals surface area contributed by atoms with Crippen molar-refractivity contribution in [3.63, 3.8) is 0 Å². The van der Waals surface area contributed by atoms with Crippen molar-refractivity contribution < 1.29 is 28.3 Å². The van der Waals surface area contributed by atoms with Gasteiger partial charge < -0.3 is 24.7 Å². The maximum absolute atomic E-state index is 14.2. The largest absolute Gasteiger partial charge is 0.418 e. The van der Waals surface area contributed by atoms with Crippen LogP contribution in [0.25, 0.3) is 0 Å². The predicted octanol–water partition coefficient (Wildman–Crippen LogP) is 2.82. The van der Waals surface area contributed by atoms with E-state index in [1.807, 2.05) is 37.3 Å². The van der Waals surface area contributed by atoms with Crippen molar-refractivity contribution in [3.05, 3.63) is 83.1 Å². The Kier molecular flexibility index (Phi) is 9.21. The van der Waals surface area contributed by atoms with Crippen molar-refractivity contribution in [2.45, 2.75) is 64.3 Å². The van der Waals surface area contributed by atoms with E-state index in [1.54, 1.807) is 38.1 Å². The number of urea groups is 1. The molecule has 2 fully saturated rings. The lowest BCUT2D eigenvalue weighted by Crippen LogP contribution is -2.63. The van der Waals surface area contributed by atoms with Crippen molar-refractivity contribution in [3.8, 4) is 0 Å². The molecule has 2 saturated heterocycles. The fourth-order valence-corrected chi connectivity index (χ4v) is 5.83. The van der Waals surface area contributed by atoms with Gasteiger partial charge in [-0.15, -0.1) is 10.2 Å². The highest BCUT2D eigenvalue weighted by atomic mass is 16.5. The first kappa shape index (κ1) is 31.0. The van der Waals surface area contributed by atoms with Crippen LogP contribution in [0.3, 0.4) is 0 Å². The first-order valence-electron chi connectivity index (χ1n) is 14.8. The van der Waals surface area contributed by atoms with E-state index in [2.05, 4.69) is 20.8 Å². The summed E-state index contributed by atoms with van der Waals surface area (Å²) < 4.78 is 11.6. The minimum absolute atomic E-state index is 0.106. The molecule has 0 bridgehead atoms. The Morgan fingerprint density at radius 2 is 1.89 bits per heavy atom. The van der Waals surface area contributed by atoms with Gasteiger partial charge in [-0.05, 0) is 38.3 Å². The zero-order chi connectivity index (χ0) is 31.4. The topological polar surface area (TPSA) is 147 Å². The Balaban J connectivity index is 1.43. The molecule has 4 amide bonds. The van der Waals surface area contributed by atoms with Gasteiger partial charge in [0.2, 0.25) is 17.6 Å². The molecular formula is C32H38N6O6. The smallest absolute Gasteiger partial charge is 0.328 e. The van der Waals surface area contributed by atoms with Crippen molar-refractivity contribution in [2.24, 2.45) is 0 Å². The van der Waals surface area contributed by atoms with Crippen LogP contribution in [0.5, 0.6) is 0 Å². The van der Waals surface area contributed by atoms with Crippen LogP contribution in [-0.2, 0) is 20.7 Å². The van der Waals surface area contributed by atoms with Gasteiger partial charge in [0.15, 0.2) is 0 Å². The highest BCUT2D eigenvalue weighted by molar-refractivity contribution is 6.07. The second kappa shape index (κ2) is 13.1. The number of rotatable bonds is 11. The number of hydrogen-bond donors (Lipinski definition) is 2. The van der Waals surface area contributed by atoms with E-state index in [1.165, 1.54) is 11.8 Å². The van der Waals surface area contributed by atoms with E-state index >= 15 is 0 Å². The molecule has 2 aromatic carbocycles. The van der Waals surface area contributed by atoms with Crippen LogP contribution >= 0.6 is 0 Å². The van der Waals surface area contributed by atoms with Gasteiger partial charge in [0, 0.05) is 26.6 Å². The Morgan fingerprint density at radius 3 is 2.57 bits per heavy atom. The number of amides is 4. The van der Waals surface area contributed by atoms with Crippen LogP contribution in [0.15, 0.2) is 59.0 Å². The number of Topliss-reactive ketones (excluding diaryl/α,β-unsaturated/α-hetero) is 1. The molecule has 1 aromatic heterocycles. The third-order valence-electron chi connectivity index (χ3n) is 8.02. The number of aromatic nitrogens is 2. The summed E-state index contributed by atoms with van der Waals surface area (Å²) in [5.74, 6) is -1.82. The molecule has 3 aromatic rings. The Hall–Kier alpha value is -4.42. The fraction of sp³-hybridized carbons (Fsp3) is 0.438. The summed E-state index contributed by atoms with van der Waals surface area (Å²) >= 11 is 0. The third kappa shape index (κ3) is 6.56. The molecule has 3 heterocycles. The van der Waals surface area contributed by atoms with E-state index in [0.717, 1.165) is 22.6 Å². The van der Waals surface area contributed by atoms with Crippen molar-refractivity contribution in [1.82, 2.24) is 30.6 Å². The summed E-state index contributed by atoms with van der Waals surface area (Å²) in [5, 5.41) is 13.9. The lowest BCUT2D eigenvalue weighted by molar-refractivity contribution is -0.133. The van der Waals surface area contributed by atoms with Crippen LogP contribution in [0.1, 0.15) is 66.5 Å². The molecule has 2 aliphatic heterocycles. The van der Waals surface area contributed by atoms with E-state index in [4.69, 9.17) is 9.15 Å². The lowest BCUT2D eigenvalue weighted by atomic mass is 9.88. The SMILES string of the molecule is CC(=O)NC(C(=O)c1nnc(Cc2cccc(C)c2)o1)C(C)(C)N1C(=O)C(c2ccccc2)N(CCC2CNCCO2)C1=O. The second-order valence-electron chi connectivity index (χ2n) is 11.8. The summed E-state index contributed by atoms with van der Waals surface area (Å²) in [4.78, 5) is 57.1. The molecule has 12 heteroatoms. The monoisotopic (exact) mass is 602 g/mol. The highest BCUT2D eigenvalue weighted by Crippen LogP contribution is 2.37. The Morgan fingerprint density at radius 1 is 1.11 bits per heavy atom. The third-order valence-corrected chi connectivity index (χ3v) is 8.02. The summed E-state index contributed by atoms with van der Waals surface area (Å²) in [6.07, 6.45) is 0.724. The molecule has 44 heavy (non-hydrogen) atoms. The fourth-order valence-electron chi connectivity index (χ4n) is 5.83. The molecule has 0 spiro atoms. The van der Waals surface area contributed by atoms with Gasteiger partial charge in [0.05, 0.1) is 24.7 Å². The summed E-state index contributed by atoms with van der Waals surface area (Å²) in [6.45, 7) is 8.62.